The van der Waals surface area contributed by atoms with E-state index >= 15 is 0 Å². The first-order valence-electron chi connectivity index (χ1n) is 6.73. The molecule has 4 N–H and O–H groups in total. The van der Waals surface area contributed by atoms with Gasteiger partial charge in [-0.3, -0.25) is 13.9 Å². The maximum atomic E-state index is 12.0. The topological polar surface area (TPSA) is 135 Å². The van der Waals surface area contributed by atoms with Gasteiger partial charge in [0, 0.05) is 14.1 Å². The lowest BCUT2D eigenvalue weighted by Crippen LogP contribution is -2.33. The molecule has 4 atom stereocenters. The summed E-state index contributed by atoms with van der Waals surface area (Å²) in [6, 6.07) is 0. The highest BCUT2D eigenvalue weighted by molar-refractivity contribution is 5.72. The summed E-state index contributed by atoms with van der Waals surface area (Å²) >= 11 is 0. The molecule has 0 radical (unpaired) electrons. The summed E-state index contributed by atoms with van der Waals surface area (Å²) < 4.78 is 8.52. The monoisotopic (exact) mass is 311 g/mol. The SMILES string of the molecule is CNc1nc(=O)c2ncn([C@@H]3O[C@H](CO)[C@@H](O)[C@H]3O)c2n1C. The minimum Gasteiger partial charge on any atom is -0.394 e. The van der Waals surface area contributed by atoms with Gasteiger partial charge in [-0.05, 0) is 0 Å². The quantitative estimate of drug-likeness (QED) is 0.501. The lowest BCUT2D eigenvalue weighted by Gasteiger charge is -2.18. The van der Waals surface area contributed by atoms with Gasteiger partial charge >= 0.3 is 5.56 Å². The fraction of sp³-hybridized carbons (Fsp3) is 0.583. The van der Waals surface area contributed by atoms with Gasteiger partial charge < -0.3 is 25.4 Å². The van der Waals surface area contributed by atoms with Crippen molar-refractivity contribution in [2.75, 3.05) is 19.0 Å². The molecule has 22 heavy (non-hydrogen) atoms. The number of hydrogen-bond donors (Lipinski definition) is 4. The lowest BCUT2D eigenvalue weighted by atomic mass is 10.1. The Hall–Kier alpha value is -2.01. The van der Waals surface area contributed by atoms with Crippen molar-refractivity contribution in [2.24, 2.45) is 7.05 Å². The zero-order valence-corrected chi connectivity index (χ0v) is 12.0. The van der Waals surface area contributed by atoms with Crippen LogP contribution in [0.15, 0.2) is 11.1 Å². The minimum absolute atomic E-state index is 0.124. The van der Waals surface area contributed by atoms with Crippen LogP contribution in [0.3, 0.4) is 0 Å². The first-order valence-corrected chi connectivity index (χ1v) is 6.73. The van der Waals surface area contributed by atoms with Crippen LogP contribution in [-0.4, -0.2) is 66.4 Å². The highest BCUT2D eigenvalue weighted by atomic mass is 16.6. The van der Waals surface area contributed by atoms with Crippen molar-refractivity contribution in [1.82, 2.24) is 19.1 Å². The molecule has 1 aliphatic heterocycles. The number of aliphatic hydroxyl groups is 3. The summed E-state index contributed by atoms with van der Waals surface area (Å²) in [5.74, 6) is 0.325. The normalized spacial score (nSPS) is 28.4. The van der Waals surface area contributed by atoms with Crippen LogP contribution in [0, 0.1) is 0 Å². The zero-order valence-electron chi connectivity index (χ0n) is 12.0. The Morgan fingerprint density at radius 2 is 2.14 bits per heavy atom. The number of fused-ring (bicyclic) bond motifs is 1. The molecule has 10 heteroatoms. The third-order valence-corrected chi connectivity index (χ3v) is 3.83. The summed E-state index contributed by atoms with van der Waals surface area (Å²) in [5.41, 5.74) is 0.00127. The largest absolute Gasteiger partial charge is 0.394 e. The van der Waals surface area contributed by atoms with Gasteiger partial charge in [-0.1, -0.05) is 0 Å². The third-order valence-electron chi connectivity index (χ3n) is 3.83. The van der Waals surface area contributed by atoms with Crippen molar-refractivity contribution in [2.45, 2.75) is 24.5 Å². The Morgan fingerprint density at radius 3 is 2.73 bits per heavy atom. The summed E-state index contributed by atoms with van der Waals surface area (Å²) in [6.45, 7) is -0.427. The first kappa shape index (κ1) is 14.9. The molecule has 0 bridgehead atoms. The number of nitrogens with zero attached hydrogens (tertiary/aromatic N) is 4. The van der Waals surface area contributed by atoms with Gasteiger partial charge in [0.15, 0.2) is 17.4 Å². The highest BCUT2D eigenvalue weighted by Crippen LogP contribution is 2.31. The molecule has 10 nitrogen and oxygen atoms in total. The Morgan fingerprint density at radius 1 is 1.41 bits per heavy atom. The van der Waals surface area contributed by atoms with E-state index in [1.54, 1.807) is 18.7 Å². The molecular weight excluding hydrogens is 294 g/mol. The second kappa shape index (κ2) is 5.32. The number of aliphatic hydroxyl groups excluding tert-OH is 3. The minimum atomic E-state index is -1.25. The molecule has 0 unspecified atom stereocenters. The number of hydrogen-bond acceptors (Lipinski definition) is 8. The number of aryl methyl sites for hydroxylation is 1. The smallest absolute Gasteiger partial charge is 0.302 e. The number of rotatable bonds is 3. The van der Waals surface area contributed by atoms with E-state index < -0.39 is 36.7 Å². The molecule has 1 aliphatic rings. The average Bonchev–Trinajstić information content (AvgIpc) is 3.06. The van der Waals surface area contributed by atoms with Crippen LogP contribution in [0.1, 0.15) is 6.23 Å². The van der Waals surface area contributed by atoms with Gasteiger partial charge in [-0.2, -0.15) is 4.98 Å². The van der Waals surface area contributed by atoms with E-state index in [2.05, 4.69) is 15.3 Å². The molecule has 120 valence electrons. The van der Waals surface area contributed by atoms with Crippen molar-refractivity contribution >= 4 is 17.1 Å². The second-order valence-corrected chi connectivity index (χ2v) is 5.10. The average molecular weight is 311 g/mol. The van der Waals surface area contributed by atoms with Crippen LogP contribution < -0.4 is 10.9 Å². The van der Waals surface area contributed by atoms with Gasteiger partial charge in [0.25, 0.3) is 0 Å². The fourth-order valence-corrected chi connectivity index (χ4v) is 2.68. The van der Waals surface area contributed by atoms with Gasteiger partial charge in [0.1, 0.15) is 18.3 Å². The van der Waals surface area contributed by atoms with Gasteiger partial charge in [0.2, 0.25) is 5.95 Å². The number of imidazole rings is 1. The Kier molecular flexibility index (Phi) is 3.60. The molecule has 0 aliphatic carbocycles. The Bertz CT molecular complexity index is 756. The van der Waals surface area contributed by atoms with E-state index in [0.717, 1.165) is 0 Å². The van der Waals surface area contributed by atoms with Crippen LogP contribution in [0.25, 0.3) is 11.2 Å². The Labute approximate surface area is 124 Å². The zero-order chi connectivity index (χ0) is 16.0. The van der Waals surface area contributed by atoms with Gasteiger partial charge in [-0.25, -0.2) is 4.98 Å². The molecule has 2 aromatic rings. The second-order valence-electron chi connectivity index (χ2n) is 5.10. The van der Waals surface area contributed by atoms with Crippen LogP contribution in [0.4, 0.5) is 5.95 Å². The molecule has 1 saturated heterocycles. The molecule has 3 rings (SSSR count). The van der Waals surface area contributed by atoms with Crippen molar-refractivity contribution in [3.63, 3.8) is 0 Å². The number of nitrogens with one attached hydrogen (secondary N) is 1. The maximum Gasteiger partial charge on any atom is 0.302 e. The molecule has 1 fully saturated rings. The van der Waals surface area contributed by atoms with Crippen LogP contribution >= 0.6 is 0 Å². The van der Waals surface area contributed by atoms with Crippen molar-refractivity contribution < 1.29 is 20.1 Å². The standard InChI is InChI=1S/C12H17N5O5/c1-13-12-15-9(21)6-10(16(12)2)17(4-14-6)11-8(20)7(19)5(3-18)22-11/h4-5,7-8,11,18-20H,3H2,1-2H3,(H,13,15,21)/t5-,7-,8-,11-/m1/s1. The summed E-state index contributed by atoms with van der Waals surface area (Å²) in [7, 11) is 3.31. The van der Waals surface area contributed by atoms with E-state index in [-0.39, 0.29) is 5.52 Å². The lowest BCUT2D eigenvalue weighted by molar-refractivity contribution is -0.0512. The van der Waals surface area contributed by atoms with Crippen molar-refractivity contribution in [3.8, 4) is 0 Å². The fourth-order valence-electron chi connectivity index (χ4n) is 2.68. The highest BCUT2D eigenvalue weighted by Gasteiger charge is 2.44. The molecular formula is C12H17N5O5. The predicted molar refractivity (Wildman–Crippen MR) is 75.3 cm³/mol. The van der Waals surface area contributed by atoms with E-state index in [1.165, 1.54) is 10.9 Å². The number of aromatic nitrogens is 4. The third kappa shape index (κ3) is 2.00. The summed E-state index contributed by atoms with van der Waals surface area (Å²) in [5, 5.41) is 31.9. The molecule has 2 aromatic heterocycles. The molecule has 0 amide bonds. The Balaban J connectivity index is 2.17. The molecule has 0 saturated carbocycles. The molecule has 3 heterocycles. The maximum absolute atomic E-state index is 12.0. The van der Waals surface area contributed by atoms with Gasteiger partial charge in [0.05, 0.1) is 12.9 Å². The van der Waals surface area contributed by atoms with Crippen molar-refractivity contribution in [1.29, 1.82) is 0 Å². The van der Waals surface area contributed by atoms with E-state index in [0.29, 0.717) is 11.6 Å². The van der Waals surface area contributed by atoms with Crippen LogP contribution in [0.2, 0.25) is 0 Å². The van der Waals surface area contributed by atoms with Gasteiger partial charge in [-0.15, -0.1) is 0 Å². The van der Waals surface area contributed by atoms with Crippen LogP contribution in [-0.2, 0) is 11.8 Å². The van der Waals surface area contributed by atoms with Crippen molar-refractivity contribution in [3.05, 3.63) is 16.7 Å². The van der Waals surface area contributed by atoms with E-state index in [9.17, 15) is 15.0 Å². The van der Waals surface area contributed by atoms with E-state index in [1.807, 2.05) is 0 Å². The van der Waals surface area contributed by atoms with E-state index in [4.69, 9.17) is 9.84 Å². The summed E-state index contributed by atoms with van der Waals surface area (Å²) in [6.07, 6.45) is -3.01. The summed E-state index contributed by atoms with van der Waals surface area (Å²) in [4.78, 5) is 19.8. The first-order chi connectivity index (χ1) is 10.5. The number of anilines is 1. The predicted octanol–water partition coefficient (Wildman–Crippen LogP) is -2.22. The molecule has 0 spiro atoms. The van der Waals surface area contributed by atoms with Crippen LogP contribution in [0.5, 0.6) is 0 Å². The molecule has 0 aromatic carbocycles. The number of ether oxygens (including phenoxy) is 1.